The molecule has 26 heavy (non-hydrogen) atoms. The number of hydrogen-bond acceptors (Lipinski definition) is 3. The van der Waals surface area contributed by atoms with Crippen molar-refractivity contribution >= 4 is 41.5 Å². The number of nitrogens with zero attached hydrogens (tertiary/aromatic N) is 3. The van der Waals surface area contributed by atoms with E-state index in [0.717, 1.165) is 24.8 Å². The van der Waals surface area contributed by atoms with Crippen LogP contribution in [0.1, 0.15) is 26.2 Å². The molecule has 2 heterocycles. The number of halogens is 2. The van der Waals surface area contributed by atoms with Crippen molar-refractivity contribution in [3.8, 4) is 5.75 Å². The van der Waals surface area contributed by atoms with Crippen LogP contribution in [0.3, 0.4) is 0 Å². The predicted molar refractivity (Wildman–Crippen MR) is 119 cm³/mol. The molecular weight excluding hydrogens is 463 g/mol. The van der Waals surface area contributed by atoms with Crippen molar-refractivity contribution in [2.75, 3.05) is 39.8 Å². The lowest BCUT2D eigenvalue weighted by Crippen LogP contribution is -2.45. The van der Waals surface area contributed by atoms with Gasteiger partial charge in [0.1, 0.15) is 11.9 Å². The summed E-state index contributed by atoms with van der Waals surface area (Å²) in [5, 5.41) is 4.15. The fraction of sp³-hybridized carbons (Fsp3) is 0.632. The molecule has 0 spiro atoms. The van der Waals surface area contributed by atoms with Gasteiger partial charge >= 0.3 is 0 Å². The van der Waals surface area contributed by atoms with Crippen molar-refractivity contribution in [1.82, 2.24) is 15.1 Å². The van der Waals surface area contributed by atoms with Gasteiger partial charge in [-0.15, -0.1) is 24.0 Å². The van der Waals surface area contributed by atoms with Gasteiger partial charge in [-0.25, -0.2) is 0 Å². The molecule has 0 radical (unpaired) electrons. The molecule has 2 aliphatic heterocycles. The van der Waals surface area contributed by atoms with Gasteiger partial charge in [0.05, 0.1) is 6.54 Å². The van der Waals surface area contributed by atoms with E-state index in [1.165, 1.54) is 32.4 Å². The van der Waals surface area contributed by atoms with Crippen LogP contribution in [0, 0.1) is 0 Å². The van der Waals surface area contributed by atoms with Crippen LogP contribution in [0.5, 0.6) is 5.75 Å². The third kappa shape index (κ3) is 5.89. The second-order valence-electron chi connectivity index (χ2n) is 6.95. The van der Waals surface area contributed by atoms with Crippen LogP contribution in [0.25, 0.3) is 0 Å². The molecular formula is C19H30ClIN4O. The number of aliphatic imine (C=N–C) groups is 1. The average molecular weight is 493 g/mol. The molecule has 0 bridgehead atoms. The molecule has 146 valence electrons. The van der Waals surface area contributed by atoms with Gasteiger partial charge < -0.3 is 15.0 Å². The van der Waals surface area contributed by atoms with Crippen molar-refractivity contribution in [3.63, 3.8) is 0 Å². The van der Waals surface area contributed by atoms with Crippen LogP contribution in [0.4, 0.5) is 0 Å². The molecule has 0 aliphatic carbocycles. The number of likely N-dealkylation sites (tertiary alicyclic amines) is 2. The highest BCUT2D eigenvalue weighted by molar-refractivity contribution is 14.0. The first-order chi connectivity index (χ1) is 12.2. The van der Waals surface area contributed by atoms with Crippen LogP contribution >= 0.6 is 35.6 Å². The highest BCUT2D eigenvalue weighted by Crippen LogP contribution is 2.21. The van der Waals surface area contributed by atoms with E-state index in [1.54, 1.807) is 0 Å². The maximum atomic E-state index is 6.01. The summed E-state index contributed by atoms with van der Waals surface area (Å²) >= 11 is 6.01. The maximum Gasteiger partial charge on any atom is 0.193 e. The number of nitrogens with one attached hydrogen (secondary N) is 1. The standard InChI is InChI=1S/C19H29ClN4O.HI/c1-15(25-18-7-5-6-16(20)12-18)13-22-19(21-2)24-11-8-17(14-24)23-9-3-4-10-23;/h5-7,12,15,17H,3-4,8-11,13-14H2,1-2H3,(H,21,22);1H. The van der Waals surface area contributed by atoms with E-state index < -0.39 is 0 Å². The third-order valence-electron chi connectivity index (χ3n) is 5.01. The quantitative estimate of drug-likeness (QED) is 0.388. The molecule has 7 heteroatoms. The first-order valence-electron chi connectivity index (χ1n) is 9.27. The Morgan fingerprint density at radius 3 is 2.81 bits per heavy atom. The van der Waals surface area contributed by atoms with E-state index in [9.17, 15) is 0 Å². The maximum absolute atomic E-state index is 6.01. The van der Waals surface area contributed by atoms with Crippen molar-refractivity contribution in [2.45, 2.75) is 38.3 Å². The minimum atomic E-state index is 0. The Bertz CT molecular complexity index is 595. The summed E-state index contributed by atoms with van der Waals surface area (Å²) in [6.45, 7) is 7.43. The van der Waals surface area contributed by atoms with Gasteiger partial charge in [-0.1, -0.05) is 17.7 Å². The van der Waals surface area contributed by atoms with E-state index >= 15 is 0 Å². The van der Waals surface area contributed by atoms with Gasteiger partial charge in [0.2, 0.25) is 0 Å². The molecule has 1 aromatic carbocycles. The molecule has 0 amide bonds. The molecule has 2 atom stereocenters. The number of benzene rings is 1. The minimum absolute atomic E-state index is 0. The zero-order chi connectivity index (χ0) is 17.6. The Hall–Kier alpha value is -0.730. The zero-order valence-corrected chi connectivity index (χ0v) is 18.7. The molecule has 3 rings (SSSR count). The van der Waals surface area contributed by atoms with E-state index in [-0.39, 0.29) is 30.1 Å². The second-order valence-corrected chi connectivity index (χ2v) is 7.38. The molecule has 1 aromatic rings. The summed E-state index contributed by atoms with van der Waals surface area (Å²) in [5.41, 5.74) is 0. The van der Waals surface area contributed by atoms with Gasteiger partial charge in [0.25, 0.3) is 0 Å². The fourth-order valence-electron chi connectivity index (χ4n) is 3.72. The van der Waals surface area contributed by atoms with Crippen LogP contribution < -0.4 is 10.1 Å². The molecule has 2 saturated heterocycles. The number of guanidine groups is 1. The summed E-state index contributed by atoms with van der Waals surface area (Å²) in [5.74, 6) is 1.77. The van der Waals surface area contributed by atoms with Crippen LogP contribution in [0.2, 0.25) is 5.02 Å². The Balaban J connectivity index is 0.00000243. The first kappa shape index (κ1) is 21.6. The molecule has 2 unspecified atom stereocenters. The van der Waals surface area contributed by atoms with Crippen molar-refractivity contribution < 1.29 is 4.74 Å². The first-order valence-corrected chi connectivity index (χ1v) is 9.65. The van der Waals surface area contributed by atoms with Gasteiger partial charge in [-0.3, -0.25) is 9.89 Å². The van der Waals surface area contributed by atoms with E-state index in [1.807, 2.05) is 31.3 Å². The molecule has 5 nitrogen and oxygen atoms in total. The minimum Gasteiger partial charge on any atom is -0.489 e. The Morgan fingerprint density at radius 2 is 2.12 bits per heavy atom. The lowest BCUT2D eigenvalue weighted by molar-refractivity contribution is 0.221. The summed E-state index contributed by atoms with van der Waals surface area (Å²) < 4.78 is 5.93. The van der Waals surface area contributed by atoms with Gasteiger partial charge in [0.15, 0.2) is 5.96 Å². The van der Waals surface area contributed by atoms with Crippen LogP contribution in [-0.2, 0) is 0 Å². The highest BCUT2D eigenvalue weighted by atomic mass is 127. The Morgan fingerprint density at radius 1 is 1.35 bits per heavy atom. The van der Waals surface area contributed by atoms with E-state index in [2.05, 4.69) is 27.0 Å². The monoisotopic (exact) mass is 492 g/mol. The molecule has 0 aromatic heterocycles. The third-order valence-corrected chi connectivity index (χ3v) is 5.25. The second kappa shape index (κ2) is 10.6. The smallest absolute Gasteiger partial charge is 0.193 e. The summed E-state index contributed by atoms with van der Waals surface area (Å²) in [4.78, 5) is 9.47. The van der Waals surface area contributed by atoms with Crippen molar-refractivity contribution in [3.05, 3.63) is 29.3 Å². The van der Waals surface area contributed by atoms with Gasteiger partial charge in [-0.05, 0) is 57.5 Å². The summed E-state index contributed by atoms with van der Waals surface area (Å²) in [6, 6.07) is 8.20. The number of rotatable bonds is 5. The summed E-state index contributed by atoms with van der Waals surface area (Å²) in [6.07, 6.45) is 3.96. The van der Waals surface area contributed by atoms with Crippen molar-refractivity contribution in [2.24, 2.45) is 4.99 Å². The van der Waals surface area contributed by atoms with Gasteiger partial charge in [0, 0.05) is 31.2 Å². The summed E-state index contributed by atoms with van der Waals surface area (Å²) in [7, 11) is 1.86. The van der Waals surface area contributed by atoms with Crippen molar-refractivity contribution in [1.29, 1.82) is 0 Å². The molecule has 2 fully saturated rings. The Kier molecular flexibility index (Phi) is 8.76. The largest absolute Gasteiger partial charge is 0.489 e. The zero-order valence-electron chi connectivity index (χ0n) is 15.7. The van der Waals surface area contributed by atoms with Crippen LogP contribution in [-0.4, -0.2) is 67.7 Å². The van der Waals surface area contributed by atoms with E-state index in [4.69, 9.17) is 16.3 Å². The fourth-order valence-corrected chi connectivity index (χ4v) is 3.90. The topological polar surface area (TPSA) is 40.1 Å². The normalized spacial score (nSPS) is 22.2. The predicted octanol–water partition coefficient (Wildman–Crippen LogP) is 3.47. The SMILES string of the molecule is CN=C(NCC(C)Oc1cccc(Cl)c1)N1CCC(N2CCCC2)C1.I. The lowest BCUT2D eigenvalue weighted by Gasteiger charge is -2.26. The lowest BCUT2D eigenvalue weighted by atomic mass is 10.2. The molecule has 0 saturated carbocycles. The van der Waals surface area contributed by atoms with E-state index in [0.29, 0.717) is 17.6 Å². The number of ether oxygens (including phenoxy) is 1. The average Bonchev–Trinajstić information content (AvgIpc) is 3.27. The Labute approximate surface area is 179 Å². The van der Waals surface area contributed by atoms with Gasteiger partial charge in [-0.2, -0.15) is 0 Å². The molecule has 1 N–H and O–H groups in total. The number of hydrogen-bond donors (Lipinski definition) is 1. The van der Waals surface area contributed by atoms with Crippen LogP contribution in [0.15, 0.2) is 29.3 Å². The molecule has 2 aliphatic rings. The highest BCUT2D eigenvalue weighted by Gasteiger charge is 2.30.